The normalized spacial score (nSPS) is 11.1. The van der Waals surface area contributed by atoms with Crippen LogP contribution in [0.4, 0.5) is 4.39 Å². The van der Waals surface area contributed by atoms with Crippen LogP contribution in [0.15, 0.2) is 18.2 Å². The fraction of sp³-hybridized carbons (Fsp3) is 0.571. The lowest BCUT2D eigenvalue weighted by Gasteiger charge is -2.08. The van der Waals surface area contributed by atoms with Gasteiger partial charge in [-0.2, -0.15) is 0 Å². The zero-order chi connectivity index (χ0) is 12.7. The van der Waals surface area contributed by atoms with Crippen LogP contribution in [0.2, 0.25) is 5.02 Å². The molecule has 1 aromatic carbocycles. The van der Waals surface area contributed by atoms with Crippen molar-refractivity contribution in [1.29, 1.82) is 0 Å². The Morgan fingerprint density at radius 2 is 2.06 bits per heavy atom. The zero-order valence-corrected chi connectivity index (χ0v) is 11.4. The van der Waals surface area contributed by atoms with Crippen LogP contribution in [0.25, 0.3) is 0 Å². The molecule has 96 valence electrons. The van der Waals surface area contributed by atoms with Gasteiger partial charge in [0.2, 0.25) is 0 Å². The third kappa shape index (κ3) is 5.51. The zero-order valence-electron chi connectivity index (χ0n) is 10.6. The van der Waals surface area contributed by atoms with Crippen LogP contribution in [0, 0.1) is 11.7 Å². The summed E-state index contributed by atoms with van der Waals surface area (Å²) in [5.74, 6) is 0.429. The molecule has 0 aliphatic carbocycles. The number of halogens is 2. The summed E-state index contributed by atoms with van der Waals surface area (Å²) in [6, 6.07) is 4.93. The number of hydrogen-bond donors (Lipinski definition) is 1. The van der Waals surface area contributed by atoms with E-state index in [0.29, 0.717) is 6.54 Å². The maximum Gasteiger partial charge on any atom is 0.142 e. The molecule has 0 amide bonds. The Kier molecular flexibility index (Phi) is 6.53. The third-order valence-electron chi connectivity index (χ3n) is 2.73. The van der Waals surface area contributed by atoms with E-state index in [4.69, 9.17) is 11.6 Å². The molecular weight excluding hydrogens is 237 g/mol. The Morgan fingerprint density at radius 1 is 1.29 bits per heavy atom. The van der Waals surface area contributed by atoms with Gasteiger partial charge in [-0.1, -0.05) is 50.4 Å². The largest absolute Gasteiger partial charge is 0.313 e. The van der Waals surface area contributed by atoms with Crippen LogP contribution in [0.5, 0.6) is 0 Å². The Bertz CT molecular complexity index is 339. The molecule has 0 bridgehead atoms. The molecule has 0 aliphatic heterocycles. The lowest BCUT2D eigenvalue weighted by Crippen LogP contribution is -2.15. The molecule has 0 spiro atoms. The summed E-state index contributed by atoms with van der Waals surface area (Å²) in [4.78, 5) is 0. The molecule has 0 heterocycles. The molecule has 0 saturated heterocycles. The first-order valence-electron chi connectivity index (χ1n) is 6.25. The van der Waals surface area contributed by atoms with Crippen molar-refractivity contribution in [3.05, 3.63) is 34.6 Å². The van der Waals surface area contributed by atoms with Gasteiger partial charge in [-0.25, -0.2) is 4.39 Å². The van der Waals surface area contributed by atoms with Crippen molar-refractivity contribution in [3.63, 3.8) is 0 Å². The quantitative estimate of drug-likeness (QED) is 0.714. The molecule has 1 rings (SSSR count). The molecule has 3 heteroatoms. The summed E-state index contributed by atoms with van der Waals surface area (Å²) in [5, 5.41) is 3.53. The Balaban J connectivity index is 2.20. The molecular formula is C14H21ClFN. The molecule has 1 nitrogen and oxygen atoms in total. The van der Waals surface area contributed by atoms with E-state index in [1.54, 1.807) is 6.07 Å². The first kappa shape index (κ1) is 14.5. The molecule has 1 aromatic rings. The highest BCUT2D eigenvalue weighted by molar-refractivity contribution is 6.31. The topological polar surface area (TPSA) is 12.0 Å². The first-order chi connectivity index (χ1) is 8.11. The molecule has 1 N–H and O–H groups in total. The van der Waals surface area contributed by atoms with Crippen molar-refractivity contribution in [3.8, 4) is 0 Å². The fourth-order valence-electron chi connectivity index (χ4n) is 1.71. The van der Waals surface area contributed by atoms with Crippen LogP contribution >= 0.6 is 11.6 Å². The number of nitrogens with one attached hydrogen (secondary N) is 1. The Labute approximate surface area is 108 Å². The van der Waals surface area contributed by atoms with Gasteiger partial charge in [0.05, 0.1) is 5.02 Å². The van der Waals surface area contributed by atoms with Crippen LogP contribution in [-0.4, -0.2) is 6.54 Å². The maximum atomic E-state index is 13.1. The Hall–Kier alpha value is -0.600. The molecule has 0 atom stereocenters. The lowest BCUT2D eigenvalue weighted by atomic mass is 10.1. The molecule has 0 aromatic heterocycles. The van der Waals surface area contributed by atoms with Gasteiger partial charge in [0, 0.05) is 6.54 Å². The number of rotatable bonds is 7. The van der Waals surface area contributed by atoms with E-state index >= 15 is 0 Å². The smallest absolute Gasteiger partial charge is 0.142 e. The molecule has 0 saturated carbocycles. The fourth-order valence-corrected chi connectivity index (χ4v) is 1.90. The standard InChI is InChI=1S/C14H21ClFN/c1-11(2)6-3-4-9-17-10-12-7-5-8-13(16)14(12)15/h5,7-8,11,17H,3-4,6,9-10H2,1-2H3. The van der Waals surface area contributed by atoms with E-state index in [1.165, 1.54) is 18.9 Å². The monoisotopic (exact) mass is 257 g/mol. The van der Waals surface area contributed by atoms with Crippen molar-refractivity contribution in [2.45, 2.75) is 39.7 Å². The predicted molar refractivity (Wildman–Crippen MR) is 71.8 cm³/mol. The van der Waals surface area contributed by atoms with E-state index in [0.717, 1.165) is 24.4 Å². The highest BCUT2D eigenvalue weighted by Crippen LogP contribution is 2.19. The van der Waals surface area contributed by atoms with E-state index in [9.17, 15) is 4.39 Å². The van der Waals surface area contributed by atoms with Crippen molar-refractivity contribution in [1.82, 2.24) is 5.32 Å². The molecule has 0 unspecified atom stereocenters. The van der Waals surface area contributed by atoms with E-state index in [1.807, 2.05) is 6.07 Å². The van der Waals surface area contributed by atoms with Gasteiger partial charge in [0.25, 0.3) is 0 Å². The molecule has 0 radical (unpaired) electrons. The summed E-state index contributed by atoms with van der Waals surface area (Å²) in [5.41, 5.74) is 0.829. The first-order valence-corrected chi connectivity index (χ1v) is 6.62. The van der Waals surface area contributed by atoms with Crippen LogP contribution in [0.3, 0.4) is 0 Å². The van der Waals surface area contributed by atoms with Crippen LogP contribution < -0.4 is 5.32 Å². The number of hydrogen-bond acceptors (Lipinski definition) is 1. The van der Waals surface area contributed by atoms with E-state index in [2.05, 4.69) is 19.2 Å². The summed E-state index contributed by atoms with van der Waals surface area (Å²) in [7, 11) is 0. The van der Waals surface area contributed by atoms with Crippen molar-refractivity contribution in [2.75, 3.05) is 6.54 Å². The number of unbranched alkanes of at least 4 members (excludes halogenated alkanes) is 1. The summed E-state index contributed by atoms with van der Waals surface area (Å²) >= 11 is 5.86. The third-order valence-corrected chi connectivity index (χ3v) is 3.16. The SMILES string of the molecule is CC(C)CCCCNCc1cccc(F)c1Cl. The van der Waals surface area contributed by atoms with Crippen LogP contribution in [0.1, 0.15) is 38.7 Å². The van der Waals surface area contributed by atoms with Crippen LogP contribution in [-0.2, 0) is 6.54 Å². The average molecular weight is 258 g/mol. The Morgan fingerprint density at radius 3 is 2.76 bits per heavy atom. The second kappa shape index (κ2) is 7.67. The van der Waals surface area contributed by atoms with Gasteiger partial charge in [-0.15, -0.1) is 0 Å². The van der Waals surface area contributed by atoms with Gasteiger partial charge in [-0.05, 0) is 30.5 Å². The average Bonchev–Trinajstić information content (AvgIpc) is 2.28. The van der Waals surface area contributed by atoms with Gasteiger partial charge in [-0.3, -0.25) is 0 Å². The van der Waals surface area contributed by atoms with Crippen molar-refractivity contribution < 1.29 is 4.39 Å². The minimum absolute atomic E-state index is 0.238. The van der Waals surface area contributed by atoms with Crippen molar-refractivity contribution >= 4 is 11.6 Å². The highest BCUT2D eigenvalue weighted by atomic mass is 35.5. The minimum Gasteiger partial charge on any atom is -0.313 e. The predicted octanol–water partition coefficient (Wildman–Crippen LogP) is 4.40. The summed E-state index contributed by atoms with van der Waals surface area (Å²) in [6.45, 7) is 6.07. The van der Waals surface area contributed by atoms with E-state index in [-0.39, 0.29) is 10.8 Å². The van der Waals surface area contributed by atoms with Gasteiger partial charge in [0.1, 0.15) is 5.82 Å². The molecule has 0 aliphatic rings. The van der Waals surface area contributed by atoms with Crippen molar-refractivity contribution in [2.24, 2.45) is 5.92 Å². The summed E-state index contributed by atoms with van der Waals surface area (Å²) in [6.07, 6.45) is 3.66. The molecule has 0 fully saturated rings. The maximum absolute atomic E-state index is 13.1. The van der Waals surface area contributed by atoms with Gasteiger partial charge >= 0.3 is 0 Å². The van der Waals surface area contributed by atoms with Gasteiger partial charge in [0.15, 0.2) is 0 Å². The van der Waals surface area contributed by atoms with Gasteiger partial charge < -0.3 is 5.32 Å². The summed E-state index contributed by atoms with van der Waals surface area (Å²) < 4.78 is 13.1. The van der Waals surface area contributed by atoms with E-state index < -0.39 is 0 Å². The lowest BCUT2D eigenvalue weighted by molar-refractivity contribution is 0.520. The minimum atomic E-state index is -0.342. The highest BCUT2D eigenvalue weighted by Gasteiger charge is 2.04. The molecule has 17 heavy (non-hydrogen) atoms. The number of benzene rings is 1. The second-order valence-electron chi connectivity index (χ2n) is 4.78. The second-order valence-corrected chi connectivity index (χ2v) is 5.16.